The van der Waals surface area contributed by atoms with Crippen molar-refractivity contribution in [1.29, 1.82) is 0 Å². The summed E-state index contributed by atoms with van der Waals surface area (Å²) in [7, 11) is 0. The van der Waals surface area contributed by atoms with Crippen molar-refractivity contribution >= 4 is 11.5 Å². The van der Waals surface area contributed by atoms with Gasteiger partial charge in [0.2, 0.25) is 0 Å². The Morgan fingerprint density at radius 3 is 2.84 bits per heavy atom. The Hall–Kier alpha value is -1.31. The van der Waals surface area contributed by atoms with E-state index >= 15 is 0 Å². The van der Waals surface area contributed by atoms with E-state index in [-0.39, 0.29) is 6.04 Å². The lowest BCUT2D eigenvalue weighted by atomic mass is 9.74. The zero-order chi connectivity index (χ0) is 13.2. The number of anilines is 1. The first kappa shape index (κ1) is 12.7. The van der Waals surface area contributed by atoms with E-state index in [1.807, 2.05) is 6.07 Å². The van der Waals surface area contributed by atoms with Crippen molar-refractivity contribution in [3.8, 4) is 0 Å². The van der Waals surface area contributed by atoms with E-state index in [1.54, 1.807) is 0 Å². The van der Waals surface area contributed by atoms with Gasteiger partial charge in [-0.1, -0.05) is 44.4 Å². The second kappa shape index (κ2) is 5.36. The molecule has 1 fully saturated rings. The number of Topliss-reactive ketones (excluding diaryl/α,β-unsaturated/α-hetero) is 1. The normalized spacial score (nSPS) is 29.6. The van der Waals surface area contributed by atoms with Crippen molar-refractivity contribution < 1.29 is 4.79 Å². The minimum atomic E-state index is 0.0227. The Morgan fingerprint density at radius 1 is 1.26 bits per heavy atom. The molecular weight excluding hydrogens is 234 g/mol. The summed E-state index contributed by atoms with van der Waals surface area (Å²) in [6.07, 6.45) is 6.91. The first-order valence-corrected chi connectivity index (χ1v) is 7.67. The van der Waals surface area contributed by atoms with Crippen LogP contribution < -0.4 is 5.32 Å². The third-order valence-electron chi connectivity index (χ3n) is 4.91. The van der Waals surface area contributed by atoms with Crippen LogP contribution in [0.25, 0.3) is 0 Å². The van der Waals surface area contributed by atoms with Gasteiger partial charge in [0.1, 0.15) is 0 Å². The van der Waals surface area contributed by atoms with Gasteiger partial charge < -0.3 is 5.32 Å². The number of rotatable bonds is 3. The molecule has 0 radical (unpaired) electrons. The number of hydrogen-bond donors (Lipinski definition) is 1. The van der Waals surface area contributed by atoms with Gasteiger partial charge in [-0.05, 0) is 30.4 Å². The fourth-order valence-corrected chi connectivity index (χ4v) is 3.80. The molecule has 0 amide bonds. The van der Waals surface area contributed by atoms with Crippen LogP contribution in [0.3, 0.4) is 0 Å². The average Bonchev–Trinajstić information content (AvgIpc) is 2.90. The maximum Gasteiger partial charge on any atom is 0.158 e. The van der Waals surface area contributed by atoms with Crippen molar-refractivity contribution in [2.45, 2.75) is 51.5 Å². The lowest BCUT2D eigenvalue weighted by Crippen LogP contribution is -2.37. The molecule has 2 nitrogen and oxygen atoms in total. The average molecular weight is 257 g/mol. The highest BCUT2D eigenvalue weighted by Crippen LogP contribution is 2.36. The van der Waals surface area contributed by atoms with E-state index in [0.29, 0.717) is 17.6 Å². The molecule has 3 atom stereocenters. The minimum Gasteiger partial charge on any atom is -0.375 e. The van der Waals surface area contributed by atoms with Crippen molar-refractivity contribution in [2.24, 2.45) is 11.8 Å². The molecule has 1 aliphatic heterocycles. The molecule has 1 aromatic carbocycles. The quantitative estimate of drug-likeness (QED) is 0.892. The molecule has 1 heterocycles. The van der Waals surface area contributed by atoms with Gasteiger partial charge in [0.15, 0.2) is 5.78 Å². The number of carbonyl (C=O) groups excluding carboxylic acids is 1. The summed E-state index contributed by atoms with van der Waals surface area (Å²) in [5.74, 6) is 1.38. The van der Waals surface area contributed by atoms with Gasteiger partial charge in [-0.3, -0.25) is 4.79 Å². The van der Waals surface area contributed by atoms with E-state index < -0.39 is 0 Å². The molecule has 0 spiro atoms. The van der Waals surface area contributed by atoms with Crippen LogP contribution in [0, 0.1) is 11.8 Å². The van der Waals surface area contributed by atoms with Crippen molar-refractivity contribution in [2.75, 3.05) is 5.32 Å². The Balaban J connectivity index is 1.72. The highest BCUT2D eigenvalue weighted by atomic mass is 16.1. The summed E-state index contributed by atoms with van der Waals surface area (Å²) >= 11 is 0. The number of fused-ring (bicyclic) bond motifs is 1. The molecule has 1 aliphatic carbocycles. The number of ketones is 1. The third kappa shape index (κ3) is 2.41. The SMILES string of the molecule is CCC1CCCCC1C(=O)C1Cc2ccccc2N1. The molecular formula is C17H23NO. The summed E-state index contributed by atoms with van der Waals surface area (Å²) in [5, 5.41) is 3.43. The number of hydrogen-bond acceptors (Lipinski definition) is 2. The van der Waals surface area contributed by atoms with E-state index in [0.717, 1.165) is 24.9 Å². The largest absolute Gasteiger partial charge is 0.375 e. The Morgan fingerprint density at radius 2 is 2.05 bits per heavy atom. The molecule has 0 saturated heterocycles. The standard InChI is InChI=1S/C17H23NO/c1-2-12-7-3-5-9-14(12)17(19)16-11-13-8-4-6-10-15(13)18-16/h4,6,8,10,12,14,16,18H,2-3,5,7,9,11H2,1H3. The molecule has 3 rings (SSSR count). The lowest BCUT2D eigenvalue weighted by Gasteiger charge is -2.31. The fourth-order valence-electron chi connectivity index (χ4n) is 3.80. The van der Waals surface area contributed by atoms with Gasteiger partial charge in [0.25, 0.3) is 0 Å². The third-order valence-corrected chi connectivity index (χ3v) is 4.91. The number of para-hydroxylation sites is 1. The van der Waals surface area contributed by atoms with E-state index in [4.69, 9.17) is 0 Å². The molecule has 2 heteroatoms. The predicted molar refractivity (Wildman–Crippen MR) is 78.3 cm³/mol. The summed E-state index contributed by atoms with van der Waals surface area (Å²) in [6.45, 7) is 2.23. The maximum atomic E-state index is 12.8. The van der Waals surface area contributed by atoms with Gasteiger partial charge in [-0.15, -0.1) is 0 Å². The summed E-state index contributed by atoms with van der Waals surface area (Å²) in [5.41, 5.74) is 2.45. The van der Waals surface area contributed by atoms with Crippen LogP contribution in [0.5, 0.6) is 0 Å². The van der Waals surface area contributed by atoms with E-state index in [2.05, 4.69) is 30.4 Å². The highest BCUT2D eigenvalue weighted by Gasteiger charge is 2.36. The Labute approximate surface area is 115 Å². The molecule has 102 valence electrons. The Bertz CT molecular complexity index is 443. The second-order valence-electron chi connectivity index (χ2n) is 6.02. The molecule has 19 heavy (non-hydrogen) atoms. The topological polar surface area (TPSA) is 29.1 Å². The van der Waals surface area contributed by atoms with Gasteiger partial charge in [0, 0.05) is 18.0 Å². The minimum absolute atomic E-state index is 0.0227. The maximum absolute atomic E-state index is 12.8. The van der Waals surface area contributed by atoms with Crippen LogP contribution in [0.15, 0.2) is 24.3 Å². The van der Waals surface area contributed by atoms with Crippen molar-refractivity contribution in [3.05, 3.63) is 29.8 Å². The lowest BCUT2D eigenvalue weighted by molar-refractivity contribution is -0.126. The summed E-state index contributed by atoms with van der Waals surface area (Å²) in [6, 6.07) is 8.33. The van der Waals surface area contributed by atoms with Crippen molar-refractivity contribution in [1.82, 2.24) is 0 Å². The highest BCUT2D eigenvalue weighted by molar-refractivity contribution is 5.91. The molecule has 0 aromatic heterocycles. The molecule has 1 saturated carbocycles. The van der Waals surface area contributed by atoms with Crippen LogP contribution in [0.2, 0.25) is 0 Å². The number of carbonyl (C=O) groups is 1. The van der Waals surface area contributed by atoms with E-state index in [9.17, 15) is 4.79 Å². The number of benzene rings is 1. The Kier molecular flexibility index (Phi) is 3.58. The second-order valence-corrected chi connectivity index (χ2v) is 6.02. The fraction of sp³-hybridized carbons (Fsp3) is 0.588. The van der Waals surface area contributed by atoms with Gasteiger partial charge in [0.05, 0.1) is 6.04 Å². The molecule has 3 unspecified atom stereocenters. The van der Waals surface area contributed by atoms with Crippen LogP contribution in [0.1, 0.15) is 44.6 Å². The first-order chi connectivity index (χ1) is 9.29. The van der Waals surface area contributed by atoms with Crippen LogP contribution in [-0.2, 0) is 11.2 Å². The smallest absolute Gasteiger partial charge is 0.158 e. The summed E-state index contributed by atoms with van der Waals surface area (Å²) < 4.78 is 0. The molecule has 1 aromatic rings. The zero-order valence-electron chi connectivity index (χ0n) is 11.7. The van der Waals surface area contributed by atoms with Gasteiger partial charge >= 0.3 is 0 Å². The van der Waals surface area contributed by atoms with Crippen LogP contribution >= 0.6 is 0 Å². The number of nitrogens with one attached hydrogen (secondary N) is 1. The predicted octanol–water partition coefficient (Wildman–Crippen LogP) is 3.81. The molecule has 0 bridgehead atoms. The van der Waals surface area contributed by atoms with Crippen LogP contribution in [-0.4, -0.2) is 11.8 Å². The monoisotopic (exact) mass is 257 g/mol. The zero-order valence-corrected chi connectivity index (χ0v) is 11.7. The van der Waals surface area contributed by atoms with Gasteiger partial charge in [-0.25, -0.2) is 0 Å². The van der Waals surface area contributed by atoms with Crippen LogP contribution in [0.4, 0.5) is 5.69 Å². The van der Waals surface area contributed by atoms with E-state index in [1.165, 1.54) is 24.8 Å². The van der Waals surface area contributed by atoms with Gasteiger partial charge in [-0.2, -0.15) is 0 Å². The van der Waals surface area contributed by atoms with Crippen molar-refractivity contribution in [3.63, 3.8) is 0 Å². The first-order valence-electron chi connectivity index (χ1n) is 7.67. The summed E-state index contributed by atoms with van der Waals surface area (Å²) in [4.78, 5) is 12.8. The molecule has 2 aliphatic rings. The molecule has 1 N–H and O–H groups in total.